The van der Waals surface area contributed by atoms with E-state index in [0.29, 0.717) is 0 Å². The summed E-state index contributed by atoms with van der Waals surface area (Å²) in [5, 5.41) is 9.87. The van der Waals surface area contributed by atoms with Gasteiger partial charge in [-0.25, -0.2) is 0 Å². The molecule has 0 aromatic rings. The molecule has 0 bridgehead atoms. The lowest BCUT2D eigenvalue weighted by atomic mass is 9.58. The van der Waals surface area contributed by atoms with Gasteiger partial charge >= 0.3 is 0 Å². The van der Waals surface area contributed by atoms with Crippen LogP contribution in [0.2, 0.25) is 0 Å². The van der Waals surface area contributed by atoms with E-state index in [1.165, 1.54) is 25.7 Å². The number of likely N-dealkylation sites (tertiary alicyclic amines) is 1. The molecule has 0 amide bonds. The lowest BCUT2D eigenvalue weighted by Gasteiger charge is -2.53. The predicted molar refractivity (Wildman–Crippen MR) is 75.2 cm³/mol. The highest BCUT2D eigenvalue weighted by Gasteiger charge is 2.50. The Morgan fingerprint density at radius 2 is 1.33 bits per heavy atom. The van der Waals surface area contributed by atoms with Crippen LogP contribution >= 0.6 is 0 Å². The summed E-state index contributed by atoms with van der Waals surface area (Å²) in [6, 6.07) is 2.72. The average Bonchev–Trinajstić information content (AvgIpc) is 2.26. The van der Waals surface area contributed by atoms with Crippen molar-refractivity contribution < 1.29 is 0 Å². The van der Waals surface area contributed by atoms with E-state index in [4.69, 9.17) is 0 Å². The van der Waals surface area contributed by atoms with Gasteiger partial charge in [-0.05, 0) is 56.0 Å². The fraction of sp³-hybridized carbons (Fsp3) is 0.938. The molecule has 1 saturated heterocycles. The number of hydrogen-bond acceptors (Lipinski definition) is 2. The van der Waals surface area contributed by atoms with Crippen LogP contribution in [0.1, 0.15) is 66.2 Å². The molecular weight excluding hydrogens is 220 g/mol. The Hall–Kier alpha value is -0.550. The highest BCUT2D eigenvalue weighted by atomic mass is 15.2. The smallest absolute Gasteiger partial charge is 0.110 e. The van der Waals surface area contributed by atoms with Crippen molar-refractivity contribution >= 4 is 0 Å². The van der Waals surface area contributed by atoms with Gasteiger partial charge in [0.05, 0.1) is 6.07 Å². The summed E-state index contributed by atoms with van der Waals surface area (Å²) in [7, 11) is 0. The molecule has 2 aliphatic rings. The molecule has 0 atom stereocenters. The SMILES string of the molecule is CC1(C)CC(C)(C)CC(C#N)(N2CCCCC2)C1. The zero-order chi connectivity index (χ0) is 13.4. The van der Waals surface area contributed by atoms with Crippen molar-refractivity contribution in [2.45, 2.75) is 71.8 Å². The molecule has 0 N–H and O–H groups in total. The van der Waals surface area contributed by atoms with E-state index >= 15 is 0 Å². The molecule has 1 heterocycles. The standard InChI is InChI=1S/C16H28N2/c1-14(2)10-15(3,4)12-16(11-14,13-17)18-8-6-5-7-9-18/h5-12H2,1-4H3. The van der Waals surface area contributed by atoms with Crippen LogP contribution in [-0.2, 0) is 0 Å². The summed E-state index contributed by atoms with van der Waals surface area (Å²) >= 11 is 0. The minimum absolute atomic E-state index is 0.203. The first-order valence-corrected chi connectivity index (χ1v) is 7.45. The van der Waals surface area contributed by atoms with E-state index in [1.54, 1.807) is 0 Å². The third kappa shape index (κ3) is 2.72. The maximum absolute atomic E-state index is 9.87. The van der Waals surface area contributed by atoms with Gasteiger partial charge in [0.2, 0.25) is 0 Å². The molecule has 102 valence electrons. The largest absolute Gasteiger partial charge is 0.285 e. The van der Waals surface area contributed by atoms with Gasteiger partial charge in [-0.3, -0.25) is 4.90 Å². The van der Waals surface area contributed by atoms with Crippen LogP contribution in [0.15, 0.2) is 0 Å². The molecule has 0 radical (unpaired) electrons. The monoisotopic (exact) mass is 248 g/mol. The summed E-state index contributed by atoms with van der Waals surface area (Å²) in [4.78, 5) is 2.50. The van der Waals surface area contributed by atoms with E-state index in [0.717, 1.165) is 25.9 Å². The fourth-order valence-corrected chi connectivity index (χ4v) is 4.76. The lowest BCUT2D eigenvalue weighted by molar-refractivity contribution is -0.0235. The molecule has 2 heteroatoms. The molecule has 1 saturated carbocycles. The molecular formula is C16H28N2. The topological polar surface area (TPSA) is 27.0 Å². The molecule has 0 aromatic heterocycles. The molecule has 2 rings (SSSR count). The van der Waals surface area contributed by atoms with Crippen LogP contribution in [0, 0.1) is 22.2 Å². The van der Waals surface area contributed by atoms with Crippen molar-refractivity contribution in [3.8, 4) is 6.07 Å². The van der Waals surface area contributed by atoms with Gasteiger partial charge in [-0.2, -0.15) is 5.26 Å². The number of rotatable bonds is 1. The van der Waals surface area contributed by atoms with Gasteiger partial charge in [-0.1, -0.05) is 34.1 Å². The Morgan fingerprint density at radius 1 is 0.833 bits per heavy atom. The first-order chi connectivity index (χ1) is 8.29. The minimum atomic E-state index is -0.203. The summed E-state index contributed by atoms with van der Waals surface area (Å²) in [6.45, 7) is 11.6. The van der Waals surface area contributed by atoms with Crippen molar-refractivity contribution in [3.05, 3.63) is 0 Å². The lowest BCUT2D eigenvalue weighted by Crippen LogP contribution is -2.57. The van der Waals surface area contributed by atoms with Crippen LogP contribution in [0.3, 0.4) is 0 Å². The van der Waals surface area contributed by atoms with Gasteiger partial charge < -0.3 is 0 Å². The second-order valence-electron chi connectivity index (χ2n) is 8.05. The summed E-state index contributed by atoms with van der Waals surface area (Å²) in [6.07, 6.45) is 7.19. The van der Waals surface area contributed by atoms with E-state index in [9.17, 15) is 5.26 Å². The van der Waals surface area contributed by atoms with E-state index in [2.05, 4.69) is 38.7 Å². The van der Waals surface area contributed by atoms with Crippen LogP contribution in [-0.4, -0.2) is 23.5 Å². The highest BCUT2D eigenvalue weighted by Crippen LogP contribution is 2.52. The molecule has 0 aromatic carbocycles. The van der Waals surface area contributed by atoms with Crippen molar-refractivity contribution in [1.82, 2.24) is 4.90 Å². The summed E-state index contributed by atoms with van der Waals surface area (Å²) in [5.74, 6) is 0. The van der Waals surface area contributed by atoms with E-state index in [-0.39, 0.29) is 16.4 Å². The average molecular weight is 248 g/mol. The number of piperidine rings is 1. The molecule has 1 aliphatic carbocycles. The first kappa shape index (κ1) is 13.9. The van der Waals surface area contributed by atoms with Gasteiger partial charge in [0, 0.05) is 0 Å². The van der Waals surface area contributed by atoms with Crippen molar-refractivity contribution in [3.63, 3.8) is 0 Å². The zero-order valence-electron chi connectivity index (χ0n) is 12.6. The molecule has 1 aliphatic heterocycles. The normalized spacial score (nSPS) is 30.6. The second kappa shape index (κ2) is 4.53. The van der Waals surface area contributed by atoms with Crippen LogP contribution < -0.4 is 0 Å². The molecule has 18 heavy (non-hydrogen) atoms. The van der Waals surface area contributed by atoms with E-state index < -0.39 is 0 Å². The molecule has 0 spiro atoms. The predicted octanol–water partition coefficient (Wildman–Crippen LogP) is 3.97. The maximum atomic E-state index is 9.87. The summed E-state index contributed by atoms with van der Waals surface area (Å²) in [5.41, 5.74) is 0.371. The molecule has 0 unspecified atom stereocenters. The van der Waals surface area contributed by atoms with Crippen molar-refractivity contribution in [2.24, 2.45) is 10.8 Å². The van der Waals surface area contributed by atoms with Gasteiger partial charge in [0.25, 0.3) is 0 Å². The van der Waals surface area contributed by atoms with Crippen LogP contribution in [0.4, 0.5) is 0 Å². The van der Waals surface area contributed by atoms with Gasteiger partial charge in [-0.15, -0.1) is 0 Å². The number of nitrogens with zero attached hydrogens (tertiary/aromatic N) is 2. The Morgan fingerprint density at radius 3 is 1.78 bits per heavy atom. The Labute approximate surface area is 112 Å². The van der Waals surface area contributed by atoms with Gasteiger partial charge in [0.1, 0.15) is 5.54 Å². The first-order valence-electron chi connectivity index (χ1n) is 7.45. The number of nitriles is 1. The third-order valence-corrected chi connectivity index (χ3v) is 4.67. The Bertz CT molecular complexity index is 327. The Balaban J connectivity index is 2.27. The van der Waals surface area contributed by atoms with Crippen LogP contribution in [0.5, 0.6) is 0 Å². The third-order valence-electron chi connectivity index (χ3n) is 4.67. The number of hydrogen-bond donors (Lipinski definition) is 0. The highest BCUT2D eigenvalue weighted by molar-refractivity contribution is 5.15. The van der Waals surface area contributed by atoms with Crippen molar-refractivity contribution in [1.29, 1.82) is 5.26 Å². The zero-order valence-corrected chi connectivity index (χ0v) is 12.6. The maximum Gasteiger partial charge on any atom is 0.110 e. The van der Waals surface area contributed by atoms with Gasteiger partial charge in [0.15, 0.2) is 0 Å². The van der Waals surface area contributed by atoms with Crippen molar-refractivity contribution in [2.75, 3.05) is 13.1 Å². The minimum Gasteiger partial charge on any atom is -0.285 e. The summed E-state index contributed by atoms with van der Waals surface area (Å²) < 4.78 is 0. The quantitative estimate of drug-likeness (QED) is 0.702. The fourth-order valence-electron chi connectivity index (χ4n) is 4.76. The second-order valence-corrected chi connectivity index (χ2v) is 8.05. The molecule has 2 fully saturated rings. The molecule has 2 nitrogen and oxygen atoms in total. The van der Waals surface area contributed by atoms with E-state index in [1.807, 2.05) is 0 Å². The van der Waals surface area contributed by atoms with Crippen LogP contribution in [0.25, 0.3) is 0 Å². The Kier molecular flexibility index (Phi) is 3.49.